The fourth-order valence-electron chi connectivity index (χ4n) is 4.22. The normalized spacial score (nSPS) is 18.3. The second-order valence-corrected chi connectivity index (χ2v) is 7.87. The molecule has 6 heteroatoms. The molecule has 0 N–H and O–H groups in total. The molecule has 0 aliphatic carbocycles. The van der Waals surface area contributed by atoms with Crippen LogP contribution < -0.4 is 4.74 Å². The molecule has 0 radical (unpaired) electrons. The second kappa shape index (κ2) is 7.59. The molecule has 2 aromatic rings. The zero-order valence-corrected chi connectivity index (χ0v) is 17.0. The number of fused-ring (bicyclic) bond motifs is 4. The molecule has 0 saturated carbocycles. The SMILES string of the molecule is CC[C@H](C)C(=O)N1CCC2(CC1)Oc1ccccc1-c1nn(CCOC)cc12. The molecule has 2 aliphatic rings. The third-order valence-corrected chi connectivity index (χ3v) is 6.14. The lowest BCUT2D eigenvalue weighted by molar-refractivity contribution is -0.139. The Hall–Kier alpha value is -2.34. The van der Waals surface area contributed by atoms with Gasteiger partial charge in [0, 0.05) is 56.3 Å². The van der Waals surface area contributed by atoms with Crippen LogP contribution in [0.5, 0.6) is 5.75 Å². The topological polar surface area (TPSA) is 56.6 Å². The zero-order chi connectivity index (χ0) is 19.7. The van der Waals surface area contributed by atoms with E-state index in [1.807, 2.05) is 34.7 Å². The molecule has 1 amide bonds. The molecule has 28 heavy (non-hydrogen) atoms. The number of amides is 1. The largest absolute Gasteiger partial charge is 0.482 e. The predicted molar refractivity (Wildman–Crippen MR) is 107 cm³/mol. The van der Waals surface area contributed by atoms with E-state index in [4.69, 9.17) is 14.6 Å². The van der Waals surface area contributed by atoms with E-state index in [1.54, 1.807) is 7.11 Å². The molecule has 150 valence electrons. The smallest absolute Gasteiger partial charge is 0.225 e. The van der Waals surface area contributed by atoms with Crippen LogP contribution >= 0.6 is 0 Å². The van der Waals surface area contributed by atoms with Crippen LogP contribution in [0.25, 0.3) is 11.3 Å². The van der Waals surface area contributed by atoms with Gasteiger partial charge in [0.1, 0.15) is 17.0 Å². The Labute approximate surface area is 166 Å². The van der Waals surface area contributed by atoms with Gasteiger partial charge in [0.2, 0.25) is 5.91 Å². The molecule has 1 aromatic carbocycles. The van der Waals surface area contributed by atoms with Gasteiger partial charge in [-0.1, -0.05) is 26.0 Å². The summed E-state index contributed by atoms with van der Waals surface area (Å²) < 4.78 is 13.8. The number of methoxy groups -OCH3 is 1. The molecule has 1 aromatic heterocycles. The van der Waals surface area contributed by atoms with Crippen molar-refractivity contribution in [1.82, 2.24) is 14.7 Å². The molecule has 0 unspecified atom stereocenters. The first-order valence-corrected chi connectivity index (χ1v) is 10.2. The van der Waals surface area contributed by atoms with Gasteiger partial charge in [0.05, 0.1) is 13.2 Å². The summed E-state index contributed by atoms with van der Waals surface area (Å²) in [7, 11) is 1.70. The summed E-state index contributed by atoms with van der Waals surface area (Å²) in [4.78, 5) is 14.6. The van der Waals surface area contributed by atoms with E-state index >= 15 is 0 Å². The molecule has 0 bridgehead atoms. The van der Waals surface area contributed by atoms with Crippen LogP contribution in [0, 0.1) is 5.92 Å². The minimum absolute atomic E-state index is 0.0782. The monoisotopic (exact) mass is 383 g/mol. The van der Waals surface area contributed by atoms with Gasteiger partial charge < -0.3 is 14.4 Å². The maximum Gasteiger partial charge on any atom is 0.225 e. The van der Waals surface area contributed by atoms with Crippen LogP contribution in [0.2, 0.25) is 0 Å². The quantitative estimate of drug-likeness (QED) is 0.794. The minimum Gasteiger partial charge on any atom is -0.482 e. The number of benzene rings is 1. The Morgan fingerprint density at radius 3 is 2.79 bits per heavy atom. The van der Waals surface area contributed by atoms with Crippen molar-refractivity contribution in [2.45, 2.75) is 45.3 Å². The van der Waals surface area contributed by atoms with E-state index < -0.39 is 5.60 Å². The fourth-order valence-corrected chi connectivity index (χ4v) is 4.22. The van der Waals surface area contributed by atoms with Crippen molar-refractivity contribution in [3.8, 4) is 17.0 Å². The van der Waals surface area contributed by atoms with Gasteiger partial charge >= 0.3 is 0 Å². The van der Waals surface area contributed by atoms with Gasteiger partial charge in [0.15, 0.2) is 0 Å². The highest BCUT2D eigenvalue weighted by atomic mass is 16.5. The maximum atomic E-state index is 12.6. The lowest BCUT2D eigenvalue weighted by atomic mass is 9.81. The number of piperidine rings is 1. The van der Waals surface area contributed by atoms with E-state index in [0.717, 1.165) is 41.8 Å². The van der Waals surface area contributed by atoms with Gasteiger partial charge in [0.25, 0.3) is 0 Å². The highest BCUT2D eigenvalue weighted by Gasteiger charge is 2.46. The summed E-state index contributed by atoms with van der Waals surface area (Å²) in [6.07, 6.45) is 4.55. The third-order valence-electron chi connectivity index (χ3n) is 6.14. The first-order valence-electron chi connectivity index (χ1n) is 10.2. The molecule has 6 nitrogen and oxygen atoms in total. The number of hydrogen-bond acceptors (Lipinski definition) is 4. The van der Waals surface area contributed by atoms with Gasteiger partial charge in [-0.15, -0.1) is 0 Å². The highest BCUT2D eigenvalue weighted by Crippen LogP contribution is 2.49. The summed E-state index contributed by atoms with van der Waals surface area (Å²) >= 11 is 0. The van der Waals surface area contributed by atoms with Crippen molar-refractivity contribution in [3.05, 3.63) is 36.0 Å². The van der Waals surface area contributed by atoms with Gasteiger partial charge in [-0.25, -0.2) is 0 Å². The van der Waals surface area contributed by atoms with Crippen LogP contribution in [0.15, 0.2) is 30.5 Å². The summed E-state index contributed by atoms with van der Waals surface area (Å²) in [5, 5.41) is 4.85. The van der Waals surface area contributed by atoms with Gasteiger partial charge in [-0.3, -0.25) is 9.48 Å². The fraction of sp³-hybridized carbons (Fsp3) is 0.545. The molecule has 1 saturated heterocycles. The lowest BCUT2D eigenvalue weighted by Gasteiger charge is -2.44. The number of likely N-dealkylation sites (tertiary alicyclic amines) is 1. The van der Waals surface area contributed by atoms with Gasteiger partial charge in [-0.05, 0) is 18.6 Å². The zero-order valence-electron chi connectivity index (χ0n) is 17.0. The van der Waals surface area contributed by atoms with E-state index in [-0.39, 0.29) is 11.8 Å². The van der Waals surface area contributed by atoms with Crippen molar-refractivity contribution in [2.75, 3.05) is 26.8 Å². The number of rotatable bonds is 5. The maximum absolute atomic E-state index is 12.6. The number of ether oxygens (including phenoxy) is 2. The third kappa shape index (κ3) is 3.20. The first kappa shape index (κ1) is 19.0. The number of aromatic nitrogens is 2. The Kier molecular flexibility index (Phi) is 5.15. The van der Waals surface area contributed by atoms with Crippen molar-refractivity contribution in [3.63, 3.8) is 0 Å². The highest BCUT2D eigenvalue weighted by molar-refractivity contribution is 5.79. The molecule has 2 aliphatic heterocycles. The van der Waals surface area contributed by atoms with Crippen molar-refractivity contribution in [2.24, 2.45) is 5.92 Å². The Balaban J connectivity index is 1.64. The van der Waals surface area contributed by atoms with Crippen LogP contribution in [-0.2, 0) is 21.7 Å². The summed E-state index contributed by atoms with van der Waals surface area (Å²) in [6, 6.07) is 8.10. The standard InChI is InChI=1S/C22H29N3O3/c1-4-16(2)21(26)24-11-9-22(10-12-24)18-15-25(13-14-27-3)23-20(18)17-7-5-6-8-19(17)28-22/h5-8,15-16H,4,9-14H2,1-3H3/t16-/m0/s1. The number of nitrogens with zero attached hydrogens (tertiary/aromatic N) is 3. The first-order chi connectivity index (χ1) is 13.6. The van der Waals surface area contributed by atoms with Crippen LogP contribution in [0.3, 0.4) is 0 Å². The van der Waals surface area contributed by atoms with Crippen LogP contribution in [0.4, 0.5) is 0 Å². The number of para-hydroxylation sites is 1. The molecule has 4 rings (SSSR count). The Morgan fingerprint density at radius 1 is 1.32 bits per heavy atom. The average molecular weight is 383 g/mol. The number of carbonyl (C=O) groups is 1. The van der Waals surface area contributed by atoms with E-state index in [0.29, 0.717) is 26.2 Å². The molecule has 3 heterocycles. The van der Waals surface area contributed by atoms with Gasteiger partial charge in [-0.2, -0.15) is 5.10 Å². The average Bonchev–Trinajstić information content (AvgIpc) is 3.17. The molecule has 1 spiro atoms. The Bertz CT molecular complexity index is 852. The van der Waals surface area contributed by atoms with Crippen molar-refractivity contribution < 1.29 is 14.3 Å². The van der Waals surface area contributed by atoms with Crippen molar-refractivity contribution >= 4 is 5.91 Å². The lowest BCUT2D eigenvalue weighted by Crippen LogP contribution is -2.50. The summed E-state index contributed by atoms with van der Waals surface area (Å²) in [5.41, 5.74) is 2.76. The van der Waals surface area contributed by atoms with Crippen molar-refractivity contribution in [1.29, 1.82) is 0 Å². The molecule has 1 fully saturated rings. The second-order valence-electron chi connectivity index (χ2n) is 7.87. The van der Waals surface area contributed by atoms with Crippen LogP contribution in [0.1, 0.15) is 38.7 Å². The molecule has 1 atom stereocenters. The van der Waals surface area contributed by atoms with E-state index in [9.17, 15) is 4.79 Å². The molecular weight excluding hydrogens is 354 g/mol. The van der Waals surface area contributed by atoms with E-state index in [1.165, 1.54) is 0 Å². The van der Waals surface area contributed by atoms with Crippen LogP contribution in [-0.4, -0.2) is 47.4 Å². The number of hydrogen-bond donors (Lipinski definition) is 0. The molecular formula is C22H29N3O3. The van der Waals surface area contributed by atoms with E-state index in [2.05, 4.69) is 19.2 Å². The Morgan fingerprint density at radius 2 is 2.07 bits per heavy atom. The number of carbonyl (C=O) groups excluding carboxylic acids is 1. The minimum atomic E-state index is -0.415. The summed E-state index contributed by atoms with van der Waals surface area (Å²) in [6.45, 7) is 6.84. The summed E-state index contributed by atoms with van der Waals surface area (Å²) in [5.74, 6) is 1.22. The predicted octanol–water partition coefficient (Wildman–Crippen LogP) is 3.45.